The van der Waals surface area contributed by atoms with Gasteiger partial charge < -0.3 is 10.1 Å². The summed E-state index contributed by atoms with van der Waals surface area (Å²) in [5, 5.41) is 5.58. The summed E-state index contributed by atoms with van der Waals surface area (Å²) in [5.41, 5.74) is 2.25. The van der Waals surface area contributed by atoms with Crippen molar-refractivity contribution in [3.63, 3.8) is 0 Å². The average molecular weight is 408 g/mol. The van der Waals surface area contributed by atoms with Gasteiger partial charge in [0.1, 0.15) is 5.00 Å². The van der Waals surface area contributed by atoms with Gasteiger partial charge in [0.05, 0.1) is 12.2 Å². The standard InChI is InChI=1S/C24H25NO3S/c1-2-15-28-24(27)21-19-12-4-3-5-14-20(19)29-23(21)25-22(26)18-13-8-10-16-9-6-7-11-17(16)18/h6-11,13H,2-5,12,14-15H2,1H3,(H,25,26). The van der Waals surface area contributed by atoms with Crippen LogP contribution < -0.4 is 5.32 Å². The molecule has 1 aliphatic rings. The third-order valence-electron chi connectivity index (χ3n) is 5.32. The molecule has 0 spiro atoms. The maximum absolute atomic E-state index is 13.1. The second kappa shape index (κ2) is 8.78. The van der Waals surface area contributed by atoms with Crippen LogP contribution in [-0.4, -0.2) is 18.5 Å². The van der Waals surface area contributed by atoms with Gasteiger partial charge in [-0.15, -0.1) is 11.3 Å². The molecule has 0 radical (unpaired) electrons. The molecule has 1 aromatic heterocycles. The summed E-state index contributed by atoms with van der Waals surface area (Å²) in [4.78, 5) is 27.2. The van der Waals surface area contributed by atoms with Crippen LogP contribution in [0, 0.1) is 0 Å². The predicted octanol–water partition coefficient (Wildman–Crippen LogP) is 5.99. The number of amides is 1. The molecule has 0 aliphatic heterocycles. The number of esters is 1. The molecule has 29 heavy (non-hydrogen) atoms. The Labute approximate surface area is 174 Å². The van der Waals surface area contributed by atoms with Crippen molar-refractivity contribution in [3.8, 4) is 0 Å². The Bertz CT molecular complexity index is 1050. The molecule has 0 atom stereocenters. The van der Waals surface area contributed by atoms with E-state index in [0.717, 1.165) is 48.4 Å². The number of benzene rings is 2. The fourth-order valence-electron chi connectivity index (χ4n) is 3.91. The minimum absolute atomic E-state index is 0.192. The Morgan fingerprint density at radius 1 is 1.03 bits per heavy atom. The minimum Gasteiger partial charge on any atom is -0.462 e. The van der Waals surface area contributed by atoms with E-state index >= 15 is 0 Å². The van der Waals surface area contributed by atoms with Gasteiger partial charge in [-0.1, -0.05) is 49.7 Å². The van der Waals surface area contributed by atoms with E-state index < -0.39 is 0 Å². The van der Waals surface area contributed by atoms with Crippen LogP contribution in [0.3, 0.4) is 0 Å². The number of carbonyl (C=O) groups is 2. The van der Waals surface area contributed by atoms with Gasteiger partial charge in [-0.3, -0.25) is 4.79 Å². The van der Waals surface area contributed by atoms with E-state index in [-0.39, 0.29) is 11.9 Å². The van der Waals surface area contributed by atoms with E-state index in [1.165, 1.54) is 22.6 Å². The molecule has 3 aromatic rings. The molecular formula is C24H25NO3S. The number of carbonyl (C=O) groups excluding carboxylic acids is 2. The van der Waals surface area contributed by atoms with Gasteiger partial charge in [0.15, 0.2) is 0 Å². The second-order valence-corrected chi connectivity index (χ2v) is 8.49. The maximum Gasteiger partial charge on any atom is 0.341 e. The molecule has 2 aromatic carbocycles. The minimum atomic E-state index is -0.320. The normalized spacial score (nSPS) is 13.6. The summed E-state index contributed by atoms with van der Waals surface area (Å²) in [6.07, 6.45) is 5.95. The largest absolute Gasteiger partial charge is 0.462 e. The van der Waals surface area contributed by atoms with Crippen molar-refractivity contribution in [2.75, 3.05) is 11.9 Å². The Morgan fingerprint density at radius 2 is 1.83 bits per heavy atom. The van der Waals surface area contributed by atoms with Gasteiger partial charge in [-0.2, -0.15) is 0 Å². The fourth-order valence-corrected chi connectivity index (χ4v) is 5.18. The number of hydrogen-bond acceptors (Lipinski definition) is 4. The first-order chi connectivity index (χ1) is 14.2. The van der Waals surface area contributed by atoms with Crippen molar-refractivity contribution in [1.29, 1.82) is 0 Å². The molecule has 1 aliphatic carbocycles. The van der Waals surface area contributed by atoms with Gasteiger partial charge in [-0.05, 0) is 54.5 Å². The topological polar surface area (TPSA) is 55.4 Å². The van der Waals surface area contributed by atoms with Gasteiger partial charge in [-0.25, -0.2) is 4.79 Å². The molecule has 0 saturated carbocycles. The second-order valence-electron chi connectivity index (χ2n) is 7.39. The van der Waals surface area contributed by atoms with Crippen LogP contribution in [0.25, 0.3) is 10.8 Å². The molecular weight excluding hydrogens is 382 g/mol. The molecule has 0 unspecified atom stereocenters. The van der Waals surface area contributed by atoms with E-state index in [4.69, 9.17) is 4.74 Å². The van der Waals surface area contributed by atoms with Crippen LogP contribution in [-0.2, 0) is 17.6 Å². The average Bonchev–Trinajstić information content (AvgIpc) is 2.91. The van der Waals surface area contributed by atoms with E-state index in [2.05, 4.69) is 5.32 Å². The molecule has 5 heteroatoms. The van der Waals surface area contributed by atoms with Crippen LogP contribution in [0.4, 0.5) is 5.00 Å². The first-order valence-corrected chi connectivity index (χ1v) is 11.1. The van der Waals surface area contributed by atoms with Crippen LogP contribution in [0.1, 0.15) is 63.8 Å². The summed E-state index contributed by atoms with van der Waals surface area (Å²) < 4.78 is 5.46. The lowest BCUT2D eigenvalue weighted by Crippen LogP contribution is -2.16. The van der Waals surface area contributed by atoms with E-state index in [1.54, 1.807) is 0 Å². The Hall–Kier alpha value is -2.66. The van der Waals surface area contributed by atoms with Crippen molar-refractivity contribution in [1.82, 2.24) is 0 Å². The summed E-state index contributed by atoms with van der Waals surface area (Å²) in [7, 11) is 0. The monoisotopic (exact) mass is 407 g/mol. The lowest BCUT2D eigenvalue weighted by Gasteiger charge is -2.10. The smallest absolute Gasteiger partial charge is 0.341 e. The third-order valence-corrected chi connectivity index (χ3v) is 6.53. The SMILES string of the molecule is CCCOC(=O)c1c(NC(=O)c2cccc3ccccc23)sc2c1CCCCC2. The third kappa shape index (κ3) is 4.06. The predicted molar refractivity (Wildman–Crippen MR) is 118 cm³/mol. The first kappa shape index (κ1) is 19.6. The van der Waals surface area contributed by atoms with Gasteiger partial charge in [0, 0.05) is 10.4 Å². The Kier molecular flexibility index (Phi) is 5.95. The van der Waals surface area contributed by atoms with Crippen molar-refractivity contribution in [2.45, 2.75) is 45.4 Å². The zero-order valence-corrected chi connectivity index (χ0v) is 17.4. The fraction of sp³-hybridized carbons (Fsp3) is 0.333. The number of aryl methyl sites for hydroxylation is 1. The molecule has 1 amide bonds. The Morgan fingerprint density at radius 3 is 2.69 bits per heavy atom. The van der Waals surface area contributed by atoms with Crippen LogP contribution in [0.5, 0.6) is 0 Å². The zero-order valence-electron chi connectivity index (χ0n) is 16.6. The number of thiophene rings is 1. The number of ether oxygens (including phenoxy) is 1. The highest BCUT2D eigenvalue weighted by Gasteiger charge is 2.27. The highest BCUT2D eigenvalue weighted by atomic mass is 32.1. The van der Waals surface area contributed by atoms with Crippen molar-refractivity contribution in [2.24, 2.45) is 0 Å². The van der Waals surface area contributed by atoms with Crippen LogP contribution in [0.15, 0.2) is 42.5 Å². The highest BCUT2D eigenvalue weighted by Crippen LogP contribution is 2.38. The molecule has 0 fully saturated rings. The molecule has 150 valence electrons. The van der Waals surface area contributed by atoms with E-state index in [9.17, 15) is 9.59 Å². The number of fused-ring (bicyclic) bond motifs is 2. The lowest BCUT2D eigenvalue weighted by molar-refractivity contribution is 0.0505. The first-order valence-electron chi connectivity index (χ1n) is 10.3. The molecule has 0 bridgehead atoms. The highest BCUT2D eigenvalue weighted by molar-refractivity contribution is 7.17. The molecule has 4 nitrogen and oxygen atoms in total. The number of nitrogens with one attached hydrogen (secondary N) is 1. The van der Waals surface area contributed by atoms with E-state index in [0.29, 0.717) is 22.7 Å². The van der Waals surface area contributed by atoms with Gasteiger partial charge in [0.25, 0.3) is 5.91 Å². The van der Waals surface area contributed by atoms with Crippen molar-refractivity contribution in [3.05, 3.63) is 64.0 Å². The Balaban J connectivity index is 1.70. The number of rotatable bonds is 5. The van der Waals surface area contributed by atoms with E-state index in [1.807, 2.05) is 49.4 Å². The van der Waals surface area contributed by atoms with Gasteiger partial charge in [0.2, 0.25) is 0 Å². The summed E-state index contributed by atoms with van der Waals surface area (Å²) in [6.45, 7) is 2.37. The maximum atomic E-state index is 13.1. The summed E-state index contributed by atoms with van der Waals surface area (Å²) in [6, 6.07) is 13.5. The summed E-state index contributed by atoms with van der Waals surface area (Å²) in [5.74, 6) is -0.512. The number of anilines is 1. The lowest BCUT2D eigenvalue weighted by atomic mass is 10.0. The molecule has 4 rings (SSSR count). The van der Waals surface area contributed by atoms with Crippen molar-refractivity contribution >= 4 is 39.0 Å². The van der Waals surface area contributed by atoms with Gasteiger partial charge >= 0.3 is 5.97 Å². The molecule has 1 heterocycles. The zero-order chi connectivity index (χ0) is 20.2. The summed E-state index contributed by atoms with van der Waals surface area (Å²) >= 11 is 1.53. The quantitative estimate of drug-likeness (QED) is 0.417. The molecule has 0 saturated heterocycles. The number of hydrogen-bond donors (Lipinski definition) is 1. The van der Waals surface area contributed by atoms with Crippen molar-refractivity contribution < 1.29 is 14.3 Å². The molecule has 1 N–H and O–H groups in total. The van der Waals surface area contributed by atoms with Crippen LogP contribution >= 0.6 is 11.3 Å². The van der Waals surface area contributed by atoms with Crippen LogP contribution in [0.2, 0.25) is 0 Å².